The predicted molar refractivity (Wildman–Crippen MR) is 84.0 cm³/mol. The summed E-state index contributed by atoms with van der Waals surface area (Å²) in [5.41, 5.74) is 8.60. The molecule has 1 amide bonds. The summed E-state index contributed by atoms with van der Waals surface area (Å²) >= 11 is 5.92. The Labute approximate surface area is 127 Å². The fraction of sp³-hybridized carbons (Fsp3) is 0.188. The zero-order valence-electron chi connectivity index (χ0n) is 11.3. The van der Waals surface area contributed by atoms with E-state index in [1.165, 1.54) is 12.1 Å². The molecule has 1 aliphatic rings. The van der Waals surface area contributed by atoms with Crippen molar-refractivity contribution in [1.82, 2.24) is 0 Å². The van der Waals surface area contributed by atoms with Crippen molar-refractivity contribution in [1.29, 1.82) is 0 Å². The Bertz CT molecular complexity index is 715. The molecular weight excluding hydrogens is 288 g/mol. The highest BCUT2D eigenvalue weighted by atomic mass is 35.5. The molecule has 4 nitrogen and oxygen atoms in total. The van der Waals surface area contributed by atoms with Crippen molar-refractivity contribution in [3.63, 3.8) is 0 Å². The van der Waals surface area contributed by atoms with Crippen molar-refractivity contribution in [2.75, 3.05) is 17.2 Å². The fourth-order valence-electron chi connectivity index (χ4n) is 2.65. The monoisotopic (exact) mass is 302 g/mol. The lowest BCUT2D eigenvalue weighted by atomic mass is 10.00. The Balaban J connectivity index is 2.02. The number of aryl methyl sites for hydroxylation is 1. The van der Waals surface area contributed by atoms with E-state index in [1.54, 1.807) is 17.0 Å². The van der Waals surface area contributed by atoms with Gasteiger partial charge in [-0.05, 0) is 54.8 Å². The number of phenols is 1. The van der Waals surface area contributed by atoms with Crippen molar-refractivity contribution >= 4 is 28.9 Å². The maximum atomic E-state index is 12.7. The highest BCUT2D eigenvalue weighted by molar-refractivity contribution is 6.31. The lowest BCUT2D eigenvalue weighted by Crippen LogP contribution is -2.35. The maximum absolute atomic E-state index is 12.7. The zero-order chi connectivity index (χ0) is 15.0. The number of fused-ring (bicyclic) bond motifs is 1. The number of benzene rings is 2. The van der Waals surface area contributed by atoms with E-state index in [0.717, 1.165) is 24.1 Å². The molecule has 108 valence electrons. The van der Waals surface area contributed by atoms with Crippen LogP contribution in [0.3, 0.4) is 0 Å². The summed E-state index contributed by atoms with van der Waals surface area (Å²) in [4.78, 5) is 14.4. The summed E-state index contributed by atoms with van der Waals surface area (Å²) < 4.78 is 0. The van der Waals surface area contributed by atoms with Gasteiger partial charge in [-0.3, -0.25) is 4.79 Å². The van der Waals surface area contributed by atoms with Gasteiger partial charge in [0, 0.05) is 22.9 Å². The third kappa shape index (κ3) is 2.54. The van der Waals surface area contributed by atoms with Crippen LogP contribution in [-0.2, 0) is 6.42 Å². The number of amides is 1. The van der Waals surface area contributed by atoms with E-state index in [0.29, 0.717) is 17.3 Å². The Kier molecular flexibility index (Phi) is 3.47. The third-order valence-corrected chi connectivity index (χ3v) is 3.89. The quantitative estimate of drug-likeness (QED) is 0.795. The number of anilines is 2. The first-order chi connectivity index (χ1) is 10.1. The summed E-state index contributed by atoms with van der Waals surface area (Å²) in [5, 5.41) is 10.3. The maximum Gasteiger partial charge on any atom is 0.262 e. The first-order valence-electron chi connectivity index (χ1n) is 6.75. The van der Waals surface area contributed by atoms with Gasteiger partial charge < -0.3 is 15.7 Å². The highest BCUT2D eigenvalue weighted by Gasteiger charge is 2.25. The molecule has 0 atom stereocenters. The molecule has 2 aromatic carbocycles. The van der Waals surface area contributed by atoms with Gasteiger partial charge in [0.15, 0.2) is 0 Å². The molecule has 21 heavy (non-hydrogen) atoms. The summed E-state index contributed by atoms with van der Waals surface area (Å²) in [6.07, 6.45) is 1.76. The van der Waals surface area contributed by atoms with Gasteiger partial charge in [-0.1, -0.05) is 11.6 Å². The van der Waals surface area contributed by atoms with E-state index in [-0.39, 0.29) is 17.2 Å². The number of nitrogen functional groups attached to an aromatic ring is 1. The molecule has 0 aliphatic carbocycles. The zero-order valence-corrected chi connectivity index (χ0v) is 12.1. The lowest BCUT2D eigenvalue weighted by Gasteiger charge is -2.30. The topological polar surface area (TPSA) is 66.6 Å². The SMILES string of the molecule is Nc1ccc2c(c1)CCCN2C(=O)c1cc(Cl)ccc1O. The number of nitrogens with zero attached hydrogens (tertiary/aromatic N) is 1. The molecule has 0 bridgehead atoms. The van der Waals surface area contributed by atoms with Crippen molar-refractivity contribution in [3.05, 3.63) is 52.5 Å². The van der Waals surface area contributed by atoms with Crippen LogP contribution in [0.2, 0.25) is 5.02 Å². The van der Waals surface area contributed by atoms with Crippen molar-refractivity contribution in [3.8, 4) is 5.75 Å². The number of hydrogen-bond acceptors (Lipinski definition) is 3. The first kappa shape index (κ1) is 13.8. The Morgan fingerprint density at radius 2 is 2.05 bits per heavy atom. The summed E-state index contributed by atoms with van der Waals surface area (Å²) in [6, 6.07) is 10.0. The molecule has 2 aromatic rings. The number of carbonyl (C=O) groups excluding carboxylic acids is 1. The second kappa shape index (κ2) is 5.30. The van der Waals surface area contributed by atoms with Gasteiger partial charge in [0.25, 0.3) is 5.91 Å². The van der Waals surface area contributed by atoms with Crippen LogP contribution >= 0.6 is 11.6 Å². The van der Waals surface area contributed by atoms with Gasteiger partial charge in [0.05, 0.1) is 5.56 Å². The van der Waals surface area contributed by atoms with Gasteiger partial charge in [-0.25, -0.2) is 0 Å². The van der Waals surface area contributed by atoms with Crippen molar-refractivity contribution in [2.24, 2.45) is 0 Å². The van der Waals surface area contributed by atoms with Crippen LogP contribution in [0.1, 0.15) is 22.3 Å². The van der Waals surface area contributed by atoms with Gasteiger partial charge >= 0.3 is 0 Å². The second-order valence-corrected chi connectivity index (χ2v) is 5.55. The smallest absolute Gasteiger partial charge is 0.262 e. The van der Waals surface area contributed by atoms with Crippen LogP contribution in [0.5, 0.6) is 5.75 Å². The minimum Gasteiger partial charge on any atom is -0.507 e. The molecule has 3 rings (SSSR count). The van der Waals surface area contributed by atoms with E-state index in [4.69, 9.17) is 17.3 Å². The van der Waals surface area contributed by atoms with Crippen molar-refractivity contribution in [2.45, 2.75) is 12.8 Å². The number of aromatic hydroxyl groups is 1. The summed E-state index contributed by atoms with van der Waals surface area (Å²) in [5.74, 6) is -0.312. The number of rotatable bonds is 1. The molecule has 0 unspecified atom stereocenters. The molecule has 1 aliphatic heterocycles. The average molecular weight is 303 g/mol. The largest absolute Gasteiger partial charge is 0.507 e. The molecule has 0 aromatic heterocycles. The minimum atomic E-state index is -0.249. The van der Waals surface area contributed by atoms with Crippen LogP contribution < -0.4 is 10.6 Å². The van der Waals surface area contributed by atoms with Crippen molar-refractivity contribution < 1.29 is 9.90 Å². The van der Waals surface area contributed by atoms with E-state index >= 15 is 0 Å². The van der Waals surface area contributed by atoms with E-state index in [1.807, 2.05) is 12.1 Å². The molecule has 0 saturated heterocycles. The van der Waals surface area contributed by atoms with Gasteiger partial charge in [-0.2, -0.15) is 0 Å². The van der Waals surface area contributed by atoms with Crippen LogP contribution in [0.4, 0.5) is 11.4 Å². The van der Waals surface area contributed by atoms with Gasteiger partial charge in [-0.15, -0.1) is 0 Å². The Morgan fingerprint density at radius 3 is 2.86 bits per heavy atom. The molecule has 1 heterocycles. The van der Waals surface area contributed by atoms with E-state index < -0.39 is 0 Å². The van der Waals surface area contributed by atoms with Crippen LogP contribution in [0.15, 0.2) is 36.4 Å². The molecule has 0 radical (unpaired) electrons. The number of carbonyl (C=O) groups is 1. The normalized spacial score (nSPS) is 13.9. The predicted octanol–water partition coefficient (Wildman–Crippen LogP) is 3.22. The summed E-state index contributed by atoms with van der Waals surface area (Å²) in [7, 11) is 0. The minimum absolute atomic E-state index is 0.0630. The molecule has 5 heteroatoms. The second-order valence-electron chi connectivity index (χ2n) is 5.11. The number of halogens is 1. The van der Waals surface area contributed by atoms with Gasteiger partial charge in [0.1, 0.15) is 5.75 Å². The molecular formula is C16H15ClN2O2. The van der Waals surface area contributed by atoms with Crippen LogP contribution in [0.25, 0.3) is 0 Å². The number of nitrogens with two attached hydrogens (primary N) is 1. The standard InChI is InChI=1S/C16H15ClN2O2/c17-11-3-6-15(20)13(9-11)16(21)19-7-1-2-10-8-12(18)4-5-14(10)19/h3-6,8-9,20H,1-2,7,18H2. The molecule has 0 spiro atoms. The number of hydrogen-bond donors (Lipinski definition) is 2. The third-order valence-electron chi connectivity index (χ3n) is 3.66. The summed E-state index contributed by atoms with van der Waals surface area (Å²) in [6.45, 7) is 0.613. The van der Waals surface area contributed by atoms with E-state index in [9.17, 15) is 9.90 Å². The fourth-order valence-corrected chi connectivity index (χ4v) is 2.83. The number of phenolic OH excluding ortho intramolecular Hbond substituents is 1. The molecule has 3 N–H and O–H groups in total. The van der Waals surface area contributed by atoms with Crippen LogP contribution in [-0.4, -0.2) is 17.6 Å². The lowest BCUT2D eigenvalue weighted by molar-refractivity contribution is 0.0982. The van der Waals surface area contributed by atoms with E-state index in [2.05, 4.69) is 0 Å². The Morgan fingerprint density at radius 1 is 1.24 bits per heavy atom. The Hall–Kier alpha value is -2.20. The first-order valence-corrected chi connectivity index (χ1v) is 7.13. The van der Waals surface area contributed by atoms with Gasteiger partial charge in [0.2, 0.25) is 0 Å². The average Bonchev–Trinajstić information content (AvgIpc) is 2.48. The highest BCUT2D eigenvalue weighted by Crippen LogP contribution is 2.32. The molecule has 0 saturated carbocycles. The van der Waals surface area contributed by atoms with Crippen LogP contribution in [0, 0.1) is 0 Å². The molecule has 0 fully saturated rings.